The van der Waals surface area contributed by atoms with Crippen molar-refractivity contribution in [3.8, 4) is 17.8 Å². The molecule has 0 aromatic carbocycles. The molecule has 0 fully saturated rings. The molecule has 0 aliphatic carbocycles. The molecular formula is C11H12ClN5O2. The first-order chi connectivity index (χ1) is 9.21. The molecule has 0 spiro atoms. The van der Waals surface area contributed by atoms with Crippen molar-refractivity contribution in [3.63, 3.8) is 0 Å². The Kier molecular flexibility index (Phi) is 4.30. The summed E-state index contributed by atoms with van der Waals surface area (Å²) in [6.45, 7) is 2.29. The van der Waals surface area contributed by atoms with E-state index in [0.717, 1.165) is 0 Å². The summed E-state index contributed by atoms with van der Waals surface area (Å²) in [7, 11) is 1.69. The summed E-state index contributed by atoms with van der Waals surface area (Å²) in [4.78, 5) is 16.0. The smallest absolute Gasteiger partial charge is 0.330 e. The Labute approximate surface area is 115 Å². The quantitative estimate of drug-likeness (QED) is 0.899. The molecule has 1 N–H and O–H groups in total. The lowest BCUT2D eigenvalue weighted by atomic mass is 10.5. The maximum Gasteiger partial charge on any atom is 0.330 e. The monoisotopic (exact) mass is 281 g/mol. The summed E-state index contributed by atoms with van der Waals surface area (Å²) >= 11 is 5.82. The van der Waals surface area contributed by atoms with Gasteiger partial charge in [-0.05, 0) is 6.92 Å². The molecule has 0 aliphatic rings. The van der Waals surface area contributed by atoms with E-state index < -0.39 is 0 Å². The van der Waals surface area contributed by atoms with Crippen LogP contribution in [0.1, 0.15) is 6.92 Å². The van der Waals surface area contributed by atoms with Crippen molar-refractivity contribution in [2.45, 2.75) is 6.92 Å². The first-order valence-electron chi connectivity index (χ1n) is 5.56. The highest BCUT2D eigenvalue weighted by atomic mass is 35.5. The number of rotatable bonds is 5. The Morgan fingerprint density at radius 1 is 1.21 bits per heavy atom. The van der Waals surface area contributed by atoms with Crippen LogP contribution >= 0.6 is 11.6 Å². The van der Waals surface area contributed by atoms with Crippen LogP contribution in [0.5, 0.6) is 17.8 Å². The van der Waals surface area contributed by atoms with Gasteiger partial charge in [0.25, 0.3) is 0 Å². The predicted molar refractivity (Wildman–Crippen MR) is 69.9 cm³/mol. The van der Waals surface area contributed by atoms with E-state index in [-0.39, 0.29) is 12.0 Å². The molecule has 0 atom stereocenters. The second-order valence-corrected chi connectivity index (χ2v) is 3.78. The van der Waals surface area contributed by atoms with Gasteiger partial charge in [-0.2, -0.15) is 9.97 Å². The van der Waals surface area contributed by atoms with E-state index in [1.54, 1.807) is 13.1 Å². The Balaban J connectivity index is 2.26. The molecular weight excluding hydrogens is 270 g/mol. The number of halogens is 1. The lowest BCUT2D eigenvalue weighted by Gasteiger charge is -2.07. The SMILES string of the molecule is CCOc1nc(NC)nc(Oc2cncc(Cl)c2)n1. The molecule has 8 heteroatoms. The van der Waals surface area contributed by atoms with Crippen LogP contribution in [0.25, 0.3) is 0 Å². The second kappa shape index (κ2) is 6.14. The van der Waals surface area contributed by atoms with Gasteiger partial charge < -0.3 is 14.8 Å². The third-order valence-electron chi connectivity index (χ3n) is 1.98. The van der Waals surface area contributed by atoms with Crippen molar-refractivity contribution in [2.24, 2.45) is 0 Å². The van der Waals surface area contributed by atoms with Crippen molar-refractivity contribution in [3.05, 3.63) is 23.5 Å². The van der Waals surface area contributed by atoms with Gasteiger partial charge in [0.15, 0.2) is 5.75 Å². The number of anilines is 1. The average Bonchev–Trinajstić information content (AvgIpc) is 2.39. The summed E-state index contributed by atoms with van der Waals surface area (Å²) in [5.41, 5.74) is 0. The molecule has 2 heterocycles. The largest absolute Gasteiger partial charge is 0.464 e. The van der Waals surface area contributed by atoms with Crippen molar-refractivity contribution < 1.29 is 9.47 Å². The fraction of sp³-hybridized carbons (Fsp3) is 0.273. The van der Waals surface area contributed by atoms with Crippen LogP contribution in [0.3, 0.4) is 0 Å². The Hall–Kier alpha value is -2.15. The highest BCUT2D eigenvalue weighted by Crippen LogP contribution is 2.22. The van der Waals surface area contributed by atoms with Crippen LogP contribution in [-0.4, -0.2) is 33.6 Å². The highest BCUT2D eigenvalue weighted by molar-refractivity contribution is 6.30. The third-order valence-corrected chi connectivity index (χ3v) is 2.19. The average molecular weight is 282 g/mol. The van der Waals surface area contributed by atoms with Crippen molar-refractivity contribution in [1.29, 1.82) is 0 Å². The third kappa shape index (κ3) is 3.65. The zero-order valence-corrected chi connectivity index (χ0v) is 11.2. The Morgan fingerprint density at radius 2 is 2.00 bits per heavy atom. The van der Waals surface area contributed by atoms with E-state index in [1.165, 1.54) is 12.4 Å². The molecule has 0 saturated heterocycles. The van der Waals surface area contributed by atoms with Crippen molar-refractivity contribution in [2.75, 3.05) is 19.0 Å². The van der Waals surface area contributed by atoms with Gasteiger partial charge in [-0.15, -0.1) is 4.98 Å². The number of nitrogens with zero attached hydrogens (tertiary/aromatic N) is 4. The van der Waals surface area contributed by atoms with Gasteiger partial charge in [-0.3, -0.25) is 4.98 Å². The van der Waals surface area contributed by atoms with E-state index in [2.05, 4.69) is 25.3 Å². The summed E-state index contributed by atoms with van der Waals surface area (Å²) in [5, 5.41) is 3.26. The molecule has 7 nitrogen and oxygen atoms in total. The number of hydrogen-bond acceptors (Lipinski definition) is 7. The lowest BCUT2D eigenvalue weighted by molar-refractivity contribution is 0.304. The molecule has 0 aliphatic heterocycles. The minimum Gasteiger partial charge on any atom is -0.464 e. The van der Waals surface area contributed by atoms with Gasteiger partial charge in [0.1, 0.15) is 0 Å². The first kappa shape index (κ1) is 13.3. The van der Waals surface area contributed by atoms with E-state index in [0.29, 0.717) is 23.3 Å². The van der Waals surface area contributed by atoms with Crippen molar-refractivity contribution in [1.82, 2.24) is 19.9 Å². The van der Waals surface area contributed by atoms with E-state index >= 15 is 0 Å². The van der Waals surface area contributed by atoms with Gasteiger partial charge in [0.05, 0.1) is 17.8 Å². The van der Waals surface area contributed by atoms with Crippen LogP contribution in [0.4, 0.5) is 5.95 Å². The maximum atomic E-state index is 5.82. The standard InChI is InChI=1S/C11H12ClN5O2/c1-3-18-10-15-9(13-2)16-11(17-10)19-8-4-7(12)5-14-6-8/h4-6H,3H2,1-2H3,(H,13,15,16,17). The van der Waals surface area contributed by atoms with Gasteiger partial charge in [-0.1, -0.05) is 11.6 Å². The Bertz CT molecular complexity index is 567. The maximum absolute atomic E-state index is 5.82. The molecule has 2 rings (SSSR count). The number of aromatic nitrogens is 4. The van der Waals surface area contributed by atoms with Gasteiger partial charge in [-0.25, -0.2) is 0 Å². The fourth-order valence-electron chi connectivity index (χ4n) is 1.24. The van der Waals surface area contributed by atoms with Gasteiger partial charge >= 0.3 is 12.0 Å². The molecule has 2 aromatic heterocycles. The number of nitrogens with one attached hydrogen (secondary N) is 1. The molecule has 19 heavy (non-hydrogen) atoms. The molecule has 0 unspecified atom stereocenters. The summed E-state index contributed by atoms with van der Waals surface area (Å²) < 4.78 is 10.7. The number of ether oxygens (including phenoxy) is 2. The normalized spacial score (nSPS) is 10.1. The highest BCUT2D eigenvalue weighted by Gasteiger charge is 2.08. The topological polar surface area (TPSA) is 82.0 Å². The van der Waals surface area contributed by atoms with Crippen LogP contribution in [0, 0.1) is 0 Å². The zero-order valence-electron chi connectivity index (χ0n) is 10.4. The minimum absolute atomic E-state index is 0.104. The molecule has 0 saturated carbocycles. The molecule has 2 aromatic rings. The number of hydrogen-bond donors (Lipinski definition) is 1. The van der Waals surface area contributed by atoms with Crippen LogP contribution in [-0.2, 0) is 0 Å². The zero-order chi connectivity index (χ0) is 13.7. The second-order valence-electron chi connectivity index (χ2n) is 3.35. The van der Waals surface area contributed by atoms with Gasteiger partial charge in [0, 0.05) is 19.3 Å². The molecule has 0 bridgehead atoms. The van der Waals surface area contributed by atoms with E-state index in [9.17, 15) is 0 Å². The summed E-state index contributed by atoms with van der Waals surface area (Å²) in [5.74, 6) is 0.784. The molecule has 0 radical (unpaired) electrons. The fourth-order valence-corrected chi connectivity index (χ4v) is 1.41. The molecule has 0 amide bonds. The van der Waals surface area contributed by atoms with Gasteiger partial charge in [0.2, 0.25) is 5.95 Å². The first-order valence-corrected chi connectivity index (χ1v) is 5.94. The number of pyridine rings is 1. The molecule has 100 valence electrons. The van der Waals surface area contributed by atoms with E-state index in [1.807, 2.05) is 6.92 Å². The van der Waals surface area contributed by atoms with Crippen LogP contribution < -0.4 is 14.8 Å². The van der Waals surface area contributed by atoms with E-state index in [4.69, 9.17) is 21.1 Å². The lowest BCUT2D eigenvalue weighted by Crippen LogP contribution is -2.05. The van der Waals surface area contributed by atoms with Crippen molar-refractivity contribution >= 4 is 17.5 Å². The Morgan fingerprint density at radius 3 is 2.68 bits per heavy atom. The van der Waals surface area contributed by atoms with Crippen LogP contribution in [0.2, 0.25) is 5.02 Å². The predicted octanol–water partition coefficient (Wildman–Crippen LogP) is 2.15. The summed E-state index contributed by atoms with van der Waals surface area (Å²) in [6.07, 6.45) is 3.02. The summed E-state index contributed by atoms with van der Waals surface area (Å²) in [6, 6.07) is 1.90. The minimum atomic E-state index is 0.104. The van der Waals surface area contributed by atoms with Crippen LogP contribution in [0.15, 0.2) is 18.5 Å².